The van der Waals surface area contributed by atoms with E-state index in [0.29, 0.717) is 23.3 Å². The number of likely N-dealkylation sites (tertiary alicyclic amines) is 1. The van der Waals surface area contributed by atoms with E-state index in [-0.39, 0.29) is 5.91 Å². The van der Waals surface area contributed by atoms with Gasteiger partial charge in [-0.1, -0.05) is 28.9 Å². The maximum atomic E-state index is 12.4. The molecule has 0 unspecified atom stereocenters. The van der Waals surface area contributed by atoms with Crippen LogP contribution in [0.3, 0.4) is 0 Å². The van der Waals surface area contributed by atoms with E-state index < -0.39 is 0 Å². The highest BCUT2D eigenvalue weighted by Crippen LogP contribution is 2.23. The Bertz CT molecular complexity index is 693. The molecule has 0 atom stereocenters. The molecule has 1 aliphatic rings. The molecule has 1 aliphatic heterocycles. The van der Waals surface area contributed by atoms with E-state index in [1.807, 2.05) is 29.2 Å². The summed E-state index contributed by atoms with van der Waals surface area (Å²) in [6, 6.07) is 7.52. The number of rotatable bonds is 5. The summed E-state index contributed by atoms with van der Waals surface area (Å²) in [6.45, 7) is 3.46. The van der Waals surface area contributed by atoms with Crippen LogP contribution in [0.5, 0.6) is 0 Å². The van der Waals surface area contributed by atoms with Gasteiger partial charge in [-0.05, 0) is 42.9 Å². The largest absolute Gasteiger partial charge is 0.342 e. The number of amides is 1. The first-order valence-electron chi connectivity index (χ1n) is 8.41. The Morgan fingerprint density at radius 2 is 2.17 bits per heavy atom. The van der Waals surface area contributed by atoms with Crippen LogP contribution in [0.1, 0.15) is 36.5 Å². The fraction of sp³-hybridized carbons (Fsp3) is 0.500. The summed E-state index contributed by atoms with van der Waals surface area (Å²) >= 11 is 5.98. The summed E-state index contributed by atoms with van der Waals surface area (Å²) in [7, 11) is 0. The molecule has 0 bridgehead atoms. The van der Waals surface area contributed by atoms with Gasteiger partial charge in [0.15, 0.2) is 5.82 Å². The van der Waals surface area contributed by atoms with Crippen molar-refractivity contribution in [2.45, 2.75) is 39.0 Å². The van der Waals surface area contributed by atoms with E-state index in [1.54, 1.807) is 6.92 Å². The Morgan fingerprint density at radius 1 is 1.38 bits per heavy atom. The zero-order valence-electron chi connectivity index (χ0n) is 13.9. The lowest BCUT2D eigenvalue weighted by Crippen LogP contribution is -2.39. The molecular formula is C18H22ClN3O2. The Kier molecular flexibility index (Phi) is 5.51. The van der Waals surface area contributed by atoms with Gasteiger partial charge in [0.2, 0.25) is 11.8 Å². The predicted octanol–water partition coefficient (Wildman–Crippen LogP) is 3.45. The van der Waals surface area contributed by atoms with E-state index in [0.717, 1.165) is 50.2 Å². The monoisotopic (exact) mass is 347 g/mol. The molecule has 0 radical (unpaired) electrons. The number of hydrogen-bond donors (Lipinski definition) is 0. The van der Waals surface area contributed by atoms with Gasteiger partial charge < -0.3 is 9.42 Å². The van der Waals surface area contributed by atoms with Crippen LogP contribution in [0.15, 0.2) is 28.8 Å². The van der Waals surface area contributed by atoms with Crippen molar-refractivity contribution in [1.29, 1.82) is 0 Å². The van der Waals surface area contributed by atoms with E-state index in [9.17, 15) is 4.79 Å². The van der Waals surface area contributed by atoms with E-state index >= 15 is 0 Å². The maximum Gasteiger partial charge on any atom is 0.226 e. The molecule has 1 aromatic heterocycles. The molecule has 2 heterocycles. The normalized spacial score (nSPS) is 15.7. The van der Waals surface area contributed by atoms with Crippen molar-refractivity contribution in [3.8, 4) is 0 Å². The van der Waals surface area contributed by atoms with Crippen molar-refractivity contribution in [2.24, 2.45) is 5.92 Å². The van der Waals surface area contributed by atoms with Gasteiger partial charge in [-0.25, -0.2) is 0 Å². The van der Waals surface area contributed by atoms with Gasteiger partial charge in [-0.3, -0.25) is 4.79 Å². The lowest BCUT2D eigenvalue weighted by atomic mass is 9.92. The van der Waals surface area contributed by atoms with Crippen molar-refractivity contribution in [3.63, 3.8) is 0 Å². The highest BCUT2D eigenvalue weighted by Gasteiger charge is 2.23. The summed E-state index contributed by atoms with van der Waals surface area (Å²) in [6.07, 6.45) is 4.40. The molecule has 0 spiro atoms. The molecule has 3 rings (SSSR count). The average molecular weight is 348 g/mol. The molecule has 2 aromatic rings. The predicted molar refractivity (Wildman–Crippen MR) is 91.8 cm³/mol. The van der Waals surface area contributed by atoms with Gasteiger partial charge in [-0.2, -0.15) is 4.98 Å². The lowest BCUT2D eigenvalue weighted by Gasteiger charge is -2.32. The van der Waals surface area contributed by atoms with E-state index in [4.69, 9.17) is 16.1 Å². The summed E-state index contributed by atoms with van der Waals surface area (Å²) < 4.78 is 4.99. The first-order chi connectivity index (χ1) is 11.6. The third-order valence-corrected chi connectivity index (χ3v) is 4.79. The Balaban J connectivity index is 1.43. The van der Waals surface area contributed by atoms with Crippen molar-refractivity contribution in [2.75, 3.05) is 13.1 Å². The smallest absolute Gasteiger partial charge is 0.226 e. The maximum absolute atomic E-state index is 12.4. The molecule has 1 saturated heterocycles. The molecule has 24 heavy (non-hydrogen) atoms. The second kappa shape index (κ2) is 7.79. The molecule has 6 heteroatoms. The third-order valence-electron chi connectivity index (χ3n) is 4.56. The summed E-state index contributed by atoms with van der Waals surface area (Å²) in [5.74, 6) is 2.21. The molecule has 1 fully saturated rings. The van der Waals surface area contributed by atoms with Crippen LogP contribution in [0.25, 0.3) is 0 Å². The van der Waals surface area contributed by atoms with Crippen LogP contribution in [0.2, 0.25) is 5.02 Å². The number of carbonyl (C=O) groups excluding carboxylic acids is 1. The van der Waals surface area contributed by atoms with Crippen LogP contribution in [-0.4, -0.2) is 34.0 Å². The van der Waals surface area contributed by atoms with Gasteiger partial charge in [0.25, 0.3) is 0 Å². The van der Waals surface area contributed by atoms with Gasteiger partial charge in [-0.15, -0.1) is 0 Å². The van der Waals surface area contributed by atoms with E-state index in [2.05, 4.69) is 10.1 Å². The van der Waals surface area contributed by atoms with Crippen LogP contribution < -0.4 is 0 Å². The molecular weight excluding hydrogens is 326 g/mol. The molecule has 1 amide bonds. The minimum atomic E-state index is 0.185. The Morgan fingerprint density at radius 3 is 2.83 bits per heavy atom. The first kappa shape index (κ1) is 17.0. The number of halogens is 1. The standard InChI is InChI=1S/C18H22ClN3O2/c1-13-20-17(21-24-13)6-5-14-7-9-22(10-8-14)18(23)12-15-3-2-4-16(19)11-15/h2-4,11,14H,5-10,12H2,1H3. The SMILES string of the molecule is Cc1nc(CCC2CCN(C(=O)Cc3cccc(Cl)c3)CC2)no1. The fourth-order valence-electron chi connectivity index (χ4n) is 3.18. The second-order valence-corrected chi connectivity index (χ2v) is 6.84. The first-order valence-corrected chi connectivity index (χ1v) is 8.79. The number of carbonyl (C=O) groups is 1. The third kappa shape index (κ3) is 4.57. The van der Waals surface area contributed by atoms with Crippen LogP contribution >= 0.6 is 11.6 Å². The topological polar surface area (TPSA) is 59.2 Å². The number of benzene rings is 1. The van der Waals surface area contributed by atoms with Crippen molar-refractivity contribution < 1.29 is 9.32 Å². The molecule has 0 aliphatic carbocycles. The zero-order chi connectivity index (χ0) is 16.9. The minimum absolute atomic E-state index is 0.185. The number of aromatic nitrogens is 2. The number of hydrogen-bond acceptors (Lipinski definition) is 4. The Hall–Kier alpha value is -1.88. The van der Waals surface area contributed by atoms with Crippen LogP contribution in [0, 0.1) is 12.8 Å². The molecule has 1 aromatic carbocycles. The van der Waals surface area contributed by atoms with Crippen molar-refractivity contribution >= 4 is 17.5 Å². The second-order valence-electron chi connectivity index (χ2n) is 6.40. The van der Waals surface area contributed by atoms with Crippen molar-refractivity contribution in [1.82, 2.24) is 15.0 Å². The average Bonchev–Trinajstić information content (AvgIpc) is 2.99. The van der Waals surface area contributed by atoms with Crippen LogP contribution in [-0.2, 0) is 17.6 Å². The Labute approximate surface area is 147 Å². The quantitative estimate of drug-likeness (QED) is 0.831. The molecule has 5 nitrogen and oxygen atoms in total. The van der Waals surface area contributed by atoms with Crippen molar-refractivity contribution in [3.05, 3.63) is 46.6 Å². The van der Waals surface area contributed by atoms with Crippen LogP contribution in [0.4, 0.5) is 0 Å². The summed E-state index contributed by atoms with van der Waals surface area (Å²) in [5.41, 5.74) is 0.974. The molecule has 0 saturated carbocycles. The fourth-order valence-corrected chi connectivity index (χ4v) is 3.39. The highest BCUT2D eigenvalue weighted by atomic mass is 35.5. The summed E-state index contributed by atoms with van der Waals surface area (Å²) in [5, 5.41) is 4.61. The summed E-state index contributed by atoms with van der Waals surface area (Å²) in [4.78, 5) is 18.6. The minimum Gasteiger partial charge on any atom is -0.342 e. The number of piperidine rings is 1. The van der Waals surface area contributed by atoms with Gasteiger partial charge >= 0.3 is 0 Å². The van der Waals surface area contributed by atoms with Gasteiger partial charge in [0, 0.05) is 31.5 Å². The number of aryl methyl sites for hydroxylation is 2. The highest BCUT2D eigenvalue weighted by molar-refractivity contribution is 6.30. The number of nitrogens with zero attached hydrogens (tertiary/aromatic N) is 3. The lowest BCUT2D eigenvalue weighted by molar-refractivity contribution is -0.131. The van der Waals surface area contributed by atoms with Gasteiger partial charge in [0.05, 0.1) is 6.42 Å². The zero-order valence-corrected chi connectivity index (χ0v) is 14.6. The molecule has 0 N–H and O–H groups in total. The van der Waals surface area contributed by atoms with E-state index in [1.165, 1.54) is 0 Å². The molecule has 128 valence electrons. The van der Waals surface area contributed by atoms with Gasteiger partial charge in [0.1, 0.15) is 0 Å².